The number of fused-ring (bicyclic) bond motifs is 1. The van der Waals surface area contributed by atoms with Crippen LogP contribution < -0.4 is 9.47 Å². The molecule has 1 N–H and O–H groups in total. The molecule has 0 radical (unpaired) electrons. The number of methoxy groups -OCH3 is 1. The number of aromatic amines is 1. The van der Waals surface area contributed by atoms with Gasteiger partial charge >= 0.3 is 0 Å². The summed E-state index contributed by atoms with van der Waals surface area (Å²) in [7, 11) is 1.61. The summed E-state index contributed by atoms with van der Waals surface area (Å²) in [6.45, 7) is 17.4. The van der Waals surface area contributed by atoms with Crippen LogP contribution in [0.2, 0.25) is 5.02 Å². The first-order valence-electron chi connectivity index (χ1n) is 16.1. The summed E-state index contributed by atoms with van der Waals surface area (Å²) >= 11 is 6.16. The number of rotatable bonds is 11. The molecule has 1 aromatic heterocycles. The number of ether oxygens (including phenoxy) is 2. The monoisotopic (exact) mass is 608 g/mol. The first kappa shape index (κ1) is 36.1. The highest BCUT2D eigenvalue weighted by atomic mass is 35.5. The van der Waals surface area contributed by atoms with Crippen LogP contribution in [0.15, 0.2) is 48.7 Å². The number of hydrogen-bond acceptors (Lipinski definition) is 4. The van der Waals surface area contributed by atoms with Crippen LogP contribution in [0, 0.1) is 11.8 Å². The number of Topliss-reactive ketones (excluding diaryl/α,β-unsaturated/α-hetero) is 1. The molecular formula is C37H53ClN2O3. The summed E-state index contributed by atoms with van der Waals surface area (Å²) in [5, 5.41) is 7.61. The fourth-order valence-corrected chi connectivity index (χ4v) is 5.66. The third-order valence-electron chi connectivity index (χ3n) is 8.06. The second-order valence-corrected chi connectivity index (χ2v) is 11.6. The molecular weight excluding hydrogens is 556 g/mol. The Morgan fingerprint density at radius 1 is 1.14 bits per heavy atom. The maximum Gasteiger partial charge on any atom is 0.216 e. The van der Waals surface area contributed by atoms with Gasteiger partial charge in [0, 0.05) is 10.6 Å². The third-order valence-corrected chi connectivity index (χ3v) is 8.29. The first-order valence-corrected chi connectivity index (χ1v) is 16.5. The smallest absolute Gasteiger partial charge is 0.216 e. The van der Waals surface area contributed by atoms with E-state index in [4.69, 9.17) is 21.1 Å². The third kappa shape index (κ3) is 9.72. The number of allylic oxidation sites excluding steroid dienone is 2. The Hall–Kier alpha value is -3.05. The van der Waals surface area contributed by atoms with Crippen LogP contribution in [0.4, 0.5) is 0 Å². The lowest BCUT2D eigenvalue weighted by Gasteiger charge is -2.26. The van der Waals surface area contributed by atoms with Gasteiger partial charge in [-0.3, -0.25) is 4.79 Å². The fourth-order valence-electron chi connectivity index (χ4n) is 5.46. The minimum atomic E-state index is -0.249. The molecule has 1 unspecified atom stereocenters. The Bertz CT molecular complexity index is 1310. The fraction of sp³-hybridized carbons (Fsp3) is 0.514. The Balaban J connectivity index is 0.000000505. The van der Waals surface area contributed by atoms with E-state index in [0.717, 1.165) is 45.1 Å². The molecule has 5 nitrogen and oxygen atoms in total. The predicted molar refractivity (Wildman–Crippen MR) is 182 cm³/mol. The topological polar surface area (TPSA) is 64.2 Å². The predicted octanol–water partition coefficient (Wildman–Crippen LogP) is 10.7. The quantitative estimate of drug-likeness (QED) is 0.220. The van der Waals surface area contributed by atoms with E-state index < -0.39 is 0 Å². The van der Waals surface area contributed by atoms with E-state index in [1.165, 1.54) is 32.1 Å². The van der Waals surface area contributed by atoms with Crippen LogP contribution in [0.25, 0.3) is 16.7 Å². The molecule has 6 heteroatoms. The van der Waals surface area contributed by atoms with Crippen molar-refractivity contribution in [2.75, 3.05) is 13.7 Å². The SMILES string of the molecule is C/C=C(/C(=O)C1COc2ccc(Cl)cc2C1)c1ccc(-c2cn[nH]c2OC)cc1C(C)C.CC.CCCCC(CC)CC. The molecule has 1 atom stereocenters. The van der Waals surface area contributed by atoms with Gasteiger partial charge in [0.05, 0.1) is 31.4 Å². The molecule has 1 aliphatic rings. The number of aromatic nitrogens is 2. The summed E-state index contributed by atoms with van der Waals surface area (Å²) < 4.78 is 11.3. The number of ketones is 1. The average molecular weight is 609 g/mol. The van der Waals surface area contributed by atoms with E-state index in [-0.39, 0.29) is 17.6 Å². The van der Waals surface area contributed by atoms with Gasteiger partial charge in [0.25, 0.3) is 0 Å². The van der Waals surface area contributed by atoms with E-state index in [1.807, 2.05) is 57.2 Å². The lowest BCUT2D eigenvalue weighted by molar-refractivity contribution is -0.118. The zero-order chi connectivity index (χ0) is 31.9. The molecule has 2 heterocycles. The van der Waals surface area contributed by atoms with E-state index in [1.54, 1.807) is 13.3 Å². The van der Waals surface area contributed by atoms with Crippen LogP contribution in [0.5, 0.6) is 11.6 Å². The van der Waals surface area contributed by atoms with Gasteiger partial charge in [-0.25, -0.2) is 5.10 Å². The lowest BCUT2D eigenvalue weighted by atomic mass is 9.83. The molecule has 0 fully saturated rings. The minimum Gasteiger partial charge on any atom is -0.493 e. The molecule has 0 saturated heterocycles. The molecule has 236 valence electrons. The standard InChI is InChI=1S/C26H27ClN2O3.C9H20.C2H6/c1-5-20(25(30)18-10-17-11-19(27)7-9-24(17)32-14-18)21-8-6-16(12-22(21)15(2)3)23-13-28-29-26(23)31-4;1-4-7-8-9(5-2)6-3;1-2/h5-9,11-13,15,18H,10,14H2,1-4H3,(H,28,29);9H,4-8H2,1-3H3;1-2H3/b20-5+;;. The van der Waals surface area contributed by atoms with Crippen LogP contribution in [-0.4, -0.2) is 29.7 Å². The van der Waals surface area contributed by atoms with Crippen LogP contribution >= 0.6 is 11.6 Å². The van der Waals surface area contributed by atoms with Crippen molar-refractivity contribution in [2.24, 2.45) is 11.8 Å². The van der Waals surface area contributed by atoms with Gasteiger partial charge in [0.15, 0.2) is 5.78 Å². The van der Waals surface area contributed by atoms with Gasteiger partial charge in [0.2, 0.25) is 5.88 Å². The Labute approximate surface area is 265 Å². The van der Waals surface area contributed by atoms with Crippen LogP contribution in [0.3, 0.4) is 0 Å². The van der Waals surface area contributed by atoms with Crippen LogP contribution in [-0.2, 0) is 11.2 Å². The number of carbonyl (C=O) groups excluding carboxylic acids is 1. The van der Waals surface area contributed by atoms with Crippen molar-refractivity contribution in [3.8, 4) is 22.8 Å². The van der Waals surface area contributed by atoms with Gasteiger partial charge in [0.1, 0.15) is 5.75 Å². The van der Waals surface area contributed by atoms with Gasteiger partial charge in [-0.15, -0.1) is 0 Å². The number of nitrogens with zero attached hydrogens (tertiary/aromatic N) is 1. The zero-order valence-electron chi connectivity index (χ0n) is 27.9. The minimum absolute atomic E-state index is 0.0914. The van der Waals surface area contributed by atoms with Crippen LogP contribution in [0.1, 0.15) is 110 Å². The number of H-pyrrole nitrogens is 1. The van der Waals surface area contributed by atoms with Crippen molar-refractivity contribution in [1.82, 2.24) is 10.2 Å². The molecule has 0 saturated carbocycles. The highest BCUT2D eigenvalue weighted by molar-refractivity contribution is 6.30. The van der Waals surface area contributed by atoms with E-state index in [9.17, 15) is 4.79 Å². The molecule has 0 aliphatic carbocycles. The number of carbonyl (C=O) groups is 1. The van der Waals surface area contributed by atoms with E-state index in [0.29, 0.717) is 23.9 Å². The first-order chi connectivity index (χ1) is 20.8. The molecule has 3 aromatic rings. The van der Waals surface area contributed by atoms with Gasteiger partial charge in [-0.2, -0.15) is 5.10 Å². The maximum absolute atomic E-state index is 13.6. The average Bonchev–Trinajstić information content (AvgIpc) is 3.52. The Morgan fingerprint density at radius 2 is 1.86 bits per heavy atom. The summed E-state index contributed by atoms with van der Waals surface area (Å²) in [6.07, 6.45) is 11.3. The maximum atomic E-state index is 13.6. The van der Waals surface area contributed by atoms with Gasteiger partial charge in [-0.05, 0) is 65.6 Å². The van der Waals surface area contributed by atoms with E-state index in [2.05, 4.69) is 50.9 Å². The van der Waals surface area contributed by atoms with E-state index >= 15 is 0 Å². The molecule has 0 spiro atoms. The van der Waals surface area contributed by atoms with Gasteiger partial charge < -0.3 is 9.47 Å². The second kappa shape index (κ2) is 18.6. The molecule has 0 amide bonds. The highest BCUT2D eigenvalue weighted by Crippen LogP contribution is 2.37. The van der Waals surface area contributed by atoms with Crippen molar-refractivity contribution in [3.63, 3.8) is 0 Å². The summed E-state index contributed by atoms with van der Waals surface area (Å²) in [4.78, 5) is 13.6. The molecule has 43 heavy (non-hydrogen) atoms. The number of halogens is 1. The highest BCUT2D eigenvalue weighted by Gasteiger charge is 2.30. The molecule has 0 bridgehead atoms. The largest absolute Gasteiger partial charge is 0.493 e. The van der Waals surface area contributed by atoms with Crippen molar-refractivity contribution in [1.29, 1.82) is 0 Å². The van der Waals surface area contributed by atoms with Crippen molar-refractivity contribution < 1.29 is 14.3 Å². The molecule has 2 aromatic carbocycles. The number of benzene rings is 2. The second-order valence-electron chi connectivity index (χ2n) is 11.1. The number of hydrogen-bond donors (Lipinski definition) is 1. The molecule has 1 aliphatic heterocycles. The summed E-state index contributed by atoms with van der Waals surface area (Å²) in [5.74, 6) is 2.50. The Morgan fingerprint density at radius 3 is 2.47 bits per heavy atom. The molecule has 4 rings (SSSR count). The summed E-state index contributed by atoms with van der Waals surface area (Å²) in [5.41, 5.74) is 5.64. The zero-order valence-corrected chi connectivity index (χ0v) is 28.6. The number of nitrogens with one attached hydrogen (secondary N) is 1. The Kier molecular flexibility index (Phi) is 15.6. The number of unbranched alkanes of at least 4 members (excludes halogenated alkanes) is 1. The normalized spacial score (nSPS) is 14.2. The van der Waals surface area contributed by atoms with Crippen molar-refractivity contribution in [3.05, 3.63) is 70.4 Å². The van der Waals surface area contributed by atoms with Crippen molar-refractivity contribution >= 4 is 23.0 Å². The summed E-state index contributed by atoms with van der Waals surface area (Å²) in [6, 6.07) is 11.7. The van der Waals surface area contributed by atoms with Gasteiger partial charge in [-0.1, -0.05) is 116 Å². The lowest BCUT2D eigenvalue weighted by Crippen LogP contribution is -2.29. The van der Waals surface area contributed by atoms with Crippen molar-refractivity contribution in [2.45, 2.75) is 99.8 Å².